The Morgan fingerprint density at radius 1 is 0.944 bits per heavy atom. The van der Waals surface area contributed by atoms with Gasteiger partial charge in [0.25, 0.3) is 0 Å². The van der Waals surface area contributed by atoms with Crippen LogP contribution in [0.3, 0.4) is 0 Å². The predicted octanol–water partition coefficient (Wildman–Crippen LogP) is 4.00. The van der Waals surface area contributed by atoms with Gasteiger partial charge >= 0.3 is 0 Å². The SMILES string of the molecule is Cc1ccc(-c2nc(C)c(C)nc2Cl)c(F)c1F. The Morgan fingerprint density at radius 2 is 1.56 bits per heavy atom. The highest BCUT2D eigenvalue weighted by molar-refractivity contribution is 6.31. The van der Waals surface area contributed by atoms with E-state index in [0.29, 0.717) is 11.4 Å². The van der Waals surface area contributed by atoms with Crippen LogP contribution in [0, 0.1) is 32.4 Å². The number of benzene rings is 1. The van der Waals surface area contributed by atoms with E-state index in [1.54, 1.807) is 13.8 Å². The van der Waals surface area contributed by atoms with Crippen LogP contribution in [0.4, 0.5) is 8.78 Å². The highest BCUT2D eigenvalue weighted by Crippen LogP contribution is 2.29. The Hall–Kier alpha value is -1.55. The number of hydrogen-bond acceptors (Lipinski definition) is 2. The summed E-state index contributed by atoms with van der Waals surface area (Å²) in [5, 5.41) is 0.0697. The smallest absolute Gasteiger partial charge is 0.168 e. The average molecular weight is 269 g/mol. The first-order valence-corrected chi connectivity index (χ1v) is 5.75. The molecule has 2 aromatic rings. The molecule has 0 amide bonds. The second kappa shape index (κ2) is 4.61. The lowest BCUT2D eigenvalue weighted by Crippen LogP contribution is -2.00. The first kappa shape index (κ1) is 12.9. The lowest BCUT2D eigenvalue weighted by molar-refractivity contribution is 0.505. The van der Waals surface area contributed by atoms with Gasteiger partial charge in [-0.15, -0.1) is 0 Å². The molecular formula is C13H11ClF2N2. The Labute approximate surface area is 109 Å². The molecule has 1 aromatic heterocycles. The van der Waals surface area contributed by atoms with Crippen LogP contribution in [0.1, 0.15) is 17.0 Å². The van der Waals surface area contributed by atoms with Gasteiger partial charge in [-0.25, -0.2) is 18.7 Å². The maximum atomic E-state index is 13.9. The normalized spacial score (nSPS) is 10.8. The minimum Gasteiger partial charge on any atom is -0.248 e. The zero-order valence-electron chi connectivity index (χ0n) is 10.2. The lowest BCUT2D eigenvalue weighted by Gasteiger charge is -2.09. The fourth-order valence-electron chi connectivity index (χ4n) is 1.58. The number of nitrogens with zero attached hydrogens (tertiary/aromatic N) is 2. The van der Waals surface area contributed by atoms with Gasteiger partial charge in [0.15, 0.2) is 16.8 Å². The molecule has 0 aliphatic heterocycles. The Morgan fingerprint density at radius 3 is 2.22 bits per heavy atom. The minimum absolute atomic E-state index is 0.0266. The van der Waals surface area contributed by atoms with Gasteiger partial charge in [-0.2, -0.15) is 0 Å². The molecule has 0 spiro atoms. The van der Waals surface area contributed by atoms with E-state index >= 15 is 0 Å². The van der Waals surface area contributed by atoms with Crippen LogP contribution in [0.2, 0.25) is 5.15 Å². The zero-order chi connectivity index (χ0) is 13.4. The van der Waals surface area contributed by atoms with Crippen molar-refractivity contribution in [1.82, 2.24) is 9.97 Å². The molecule has 94 valence electrons. The number of hydrogen-bond donors (Lipinski definition) is 0. The molecule has 18 heavy (non-hydrogen) atoms. The summed E-state index contributed by atoms with van der Waals surface area (Å²) in [6.07, 6.45) is 0. The van der Waals surface area contributed by atoms with Gasteiger partial charge in [0, 0.05) is 5.56 Å². The van der Waals surface area contributed by atoms with Gasteiger partial charge in [0.05, 0.1) is 11.4 Å². The van der Waals surface area contributed by atoms with Crippen molar-refractivity contribution in [2.45, 2.75) is 20.8 Å². The quantitative estimate of drug-likeness (QED) is 0.781. The summed E-state index contributed by atoms with van der Waals surface area (Å²) in [6, 6.07) is 2.94. The van der Waals surface area contributed by atoms with E-state index in [1.807, 2.05) is 0 Å². The molecule has 0 fully saturated rings. The summed E-state index contributed by atoms with van der Waals surface area (Å²) in [6.45, 7) is 4.99. The van der Waals surface area contributed by atoms with Crippen molar-refractivity contribution in [1.29, 1.82) is 0 Å². The van der Waals surface area contributed by atoms with Gasteiger partial charge in [-0.3, -0.25) is 0 Å². The second-order valence-corrected chi connectivity index (χ2v) is 4.45. The zero-order valence-corrected chi connectivity index (χ0v) is 10.9. The molecule has 0 aliphatic carbocycles. The maximum absolute atomic E-state index is 13.9. The summed E-state index contributed by atoms with van der Waals surface area (Å²) < 4.78 is 27.4. The van der Waals surface area contributed by atoms with E-state index in [-0.39, 0.29) is 22.0 Å². The molecule has 0 radical (unpaired) electrons. The van der Waals surface area contributed by atoms with Crippen molar-refractivity contribution in [3.05, 3.63) is 45.9 Å². The van der Waals surface area contributed by atoms with E-state index in [9.17, 15) is 8.78 Å². The number of rotatable bonds is 1. The van der Waals surface area contributed by atoms with E-state index in [0.717, 1.165) is 0 Å². The Bertz CT molecular complexity index is 627. The monoisotopic (exact) mass is 268 g/mol. The number of aryl methyl sites for hydroxylation is 3. The molecular weight excluding hydrogens is 258 g/mol. The molecule has 0 N–H and O–H groups in total. The molecule has 2 nitrogen and oxygen atoms in total. The largest absolute Gasteiger partial charge is 0.248 e. The summed E-state index contributed by atoms with van der Waals surface area (Å²) >= 11 is 5.94. The summed E-state index contributed by atoms with van der Waals surface area (Å²) in [5.41, 5.74) is 1.73. The third-order valence-electron chi connectivity index (χ3n) is 2.79. The fourth-order valence-corrected chi connectivity index (χ4v) is 1.85. The standard InChI is InChI=1S/C13H11ClF2N2/c1-6-4-5-9(11(16)10(6)15)12-13(14)18-8(3)7(2)17-12/h4-5H,1-3H3. The summed E-state index contributed by atoms with van der Waals surface area (Å²) in [4.78, 5) is 8.23. The number of halogens is 3. The van der Waals surface area contributed by atoms with Gasteiger partial charge in [-0.05, 0) is 32.4 Å². The fraction of sp³-hybridized carbons (Fsp3) is 0.231. The summed E-state index contributed by atoms with van der Waals surface area (Å²) in [7, 11) is 0. The molecule has 5 heteroatoms. The van der Waals surface area contributed by atoms with Crippen LogP contribution >= 0.6 is 11.6 Å². The molecule has 0 aliphatic rings. The van der Waals surface area contributed by atoms with Crippen LogP contribution in [-0.2, 0) is 0 Å². The van der Waals surface area contributed by atoms with Crippen LogP contribution in [0.15, 0.2) is 12.1 Å². The van der Waals surface area contributed by atoms with Crippen molar-refractivity contribution in [2.75, 3.05) is 0 Å². The molecule has 0 unspecified atom stereocenters. The van der Waals surface area contributed by atoms with Crippen LogP contribution in [0.25, 0.3) is 11.3 Å². The van der Waals surface area contributed by atoms with Crippen LogP contribution in [-0.4, -0.2) is 9.97 Å². The van der Waals surface area contributed by atoms with Crippen molar-refractivity contribution >= 4 is 11.6 Å². The lowest BCUT2D eigenvalue weighted by atomic mass is 10.1. The van der Waals surface area contributed by atoms with E-state index in [2.05, 4.69) is 9.97 Å². The van der Waals surface area contributed by atoms with E-state index in [4.69, 9.17) is 11.6 Å². The van der Waals surface area contributed by atoms with Crippen LogP contribution < -0.4 is 0 Å². The highest BCUT2D eigenvalue weighted by atomic mass is 35.5. The Balaban J connectivity index is 2.70. The first-order valence-electron chi connectivity index (χ1n) is 5.37. The molecule has 0 saturated carbocycles. The van der Waals surface area contributed by atoms with Gasteiger partial charge in [0.2, 0.25) is 0 Å². The van der Waals surface area contributed by atoms with Gasteiger partial charge in [-0.1, -0.05) is 17.7 Å². The average Bonchev–Trinajstić information content (AvgIpc) is 2.32. The topological polar surface area (TPSA) is 25.8 Å². The van der Waals surface area contributed by atoms with Crippen molar-refractivity contribution in [3.8, 4) is 11.3 Å². The molecule has 0 bridgehead atoms. The highest BCUT2D eigenvalue weighted by Gasteiger charge is 2.17. The minimum atomic E-state index is -0.950. The van der Waals surface area contributed by atoms with Crippen molar-refractivity contribution in [2.24, 2.45) is 0 Å². The molecule has 0 atom stereocenters. The number of aromatic nitrogens is 2. The predicted molar refractivity (Wildman–Crippen MR) is 66.6 cm³/mol. The second-order valence-electron chi connectivity index (χ2n) is 4.09. The third kappa shape index (κ3) is 2.08. The summed E-state index contributed by atoms with van der Waals surface area (Å²) in [5.74, 6) is -1.84. The third-order valence-corrected chi connectivity index (χ3v) is 3.06. The van der Waals surface area contributed by atoms with Crippen molar-refractivity contribution < 1.29 is 8.78 Å². The molecule has 2 rings (SSSR count). The van der Waals surface area contributed by atoms with Gasteiger partial charge in [0.1, 0.15) is 5.69 Å². The molecule has 0 saturated heterocycles. The maximum Gasteiger partial charge on any atom is 0.168 e. The van der Waals surface area contributed by atoms with Crippen molar-refractivity contribution in [3.63, 3.8) is 0 Å². The van der Waals surface area contributed by atoms with E-state index in [1.165, 1.54) is 19.1 Å². The molecule has 1 aromatic carbocycles. The van der Waals surface area contributed by atoms with E-state index < -0.39 is 11.6 Å². The molecule has 1 heterocycles. The Kier molecular flexibility index (Phi) is 3.30. The van der Waals surface area contributed by atoms with Crippen LogP contribution in [0.5, 0.6) is 0 Å². The van der Waals surface area contributed by atoms with Gasteiger partial charge < -0.3 is 0 Å². The first-order chi connectivity index (χ1) is 8.41.